The molecule has 0 radical (unpaired) electrons. The second-order valence-corrected chi connectivity index (χ2v) is 11.2. The first-order valence-electron chi connectivity index (χ1n) is 3.77. The zero-order valence-electron chi connectivity index (χ0n) is 7.46. The molecule has 2 N–H and O–H groups in total. The van der Waals surface area contributed by atoms with Crippen LogP contribution in [0.4, 0.5) is 0 Å². The van der Waals surface area contributed by atoms with E-state index in [1.54, 1.807) is 18.0 Å². The van der Waals surface area contributed by atoms with Crippen molar-refractivity contribution in [3.8, 4) is 0 Å². The van der Waals surface area contributed by atoms with Gasteiger partial charge in [-0.2, -0.15) is 0 Å². The van der Waals surface area contributed by atoms with Crippen LogP contribution in [-0.4, -0.2) is 39.9 Å². The molecule has 0 bridgehead atoms. The summed E-state index contributed by atoms with van der Waals surface area (Å²) in [5, 5.41) is 6.20. The number of nitrogens with one attached hydrogen (secondary N) is 2. The van der Waals surface area contributed by atoms with E-state index >= 15 is 0 Å². The van der Waals surface area contributed by atoms with Gasteiger partial charge in [-0.1, -0.05) is 0 Å². The third-order valence-corrected chi connectivity index (χ3v) is 11.1. The molecular formula is C6H12N2S4Te. The first-order chi connectivity index (χ1) is 6.20. The quantitative estimate of drug-likeness (QED) is 0.580. The van der Waals surface area contributed by atoms with Crippen LogP contribution in [0.5, 0.6) is 0 Å². The second-order valence-electron chi connectivity index (χ2n) is 1.87. The Bertz CT molecular complexity index is 158. The molecule has 0 atom stereocenters. The van der Waals surface area contributed by atoms with Crippen molar-refractivity contribution >= 4 is 69.2 Å². The molecule has 0 amide bonds. The van der Waals surface area contributed by atoms with E-state index in [0.29, 0.717) is 0 Å². The molecule has 7 heteroatoms. The molecule has 2 nitrogen and oxygen atoms in total. The monoisotopic (exact) mass is 370 g/mol. The van der Waals surface area contributed by atoms with E-state index in [1.807, 2.05) is 13.8 Å². The number of hydrogen-bond acceptors (Lipinski definition) is 4. The Kier molecular flexibility index (Phi) is 10.8. The number of hydrogen-bond donors (Lipinski definition) is 2. The standard InChI is InChI=1S/C6H12N2S4Te/c1-3-7-5(9)11-13-12-6(10)8-4-2/h3-4H2,1-2H3,(H,7,9)(H,8,10). The summed E-state index contributed by atoms with van der Waals surface area (Å²) in [6.45, 7) is 5.90. The van der Waals surface area contributed by atoms with Crippen LogP contribution in [0, 0.1) is 0 Å². The predicted molar refractivity (Wildman–Crippen MR) is 73.5 cm³/mol. The molecule has 0 spiro atoms. The van der Waals surface area contributed by atoms with Crippen molar-refractivity contribution in [2.24, 2.45) is 0 Å². The van der Waals surface area contributed by atoms with Gasteiger partial charge in [-0.25, -0.2) is 0 Å². The summed E-state index contributed by atoms with van der Waals surface area (Å²) >= 11 is 9.93. The average Bonchev–Trinajstić information content (AvgIpc) is 2.05. The van der Waals surface area contributed by atoms with Crippen LogP contribution in [0.2, 0.25) is 0 Å². The van der Waals surface area contributed by atoms with Crippen LogP contribution in [0.1, 0.15) is 13.8 Å². The van der Waals surface area contributed by atoms with Crippen LogP contribution in [0.3, 0.4) is 0 Å². The van der Waals surface area contributed by atoms with E-state index in [1.165, 1.54) is 0 Å². The van der Waals surface area contributed by atoms with Gasteiger partial charge in [0, 0.05) is 0 Å². The summed E-state index contributed by atoms with van der Waals surface area (Å²) in [4.78, 5) is 0. The zero-order chi connectivity index (χ0) is 10.1. The first-order valence-corrected chi connectivity index (χ1v) is 11.8. The van der Waals surface area contributed by atoms with Gasteiger partial charge in [0.2, 0.25) is 0 Å². The molecule has 0 aliphatic heterocycles. The third kappa shape index (κ3) is 9.57. The Hall–Kier alpha value is 1.27. The van der Waals surface area contributed by atoms with Crippen molar-refractivity contribution in [2.75, 3.05) is 13.1 Å². The predicted octanol–water partition coefficient (Wildman–Crippen LogP) is 1.78. The fourth-order valence-corrected chi connectivity index (χ4v) is 10.2. The van der Waals surface area contributed by atoms with E-state index in [0.717, 1.165) is 21.7 Å². The third-order valence-electron chi connectivity index (χ3n) is 0.862. The second kappa shape index (κ2) is 9.81. The van der Waals surface area contributed by atoms with E-state index in [9.17, 15) is 0 Å². The summed E-state index contributed by atoms with van der Waals surface area (Å²) in [6, 6.07) is 0. The molecule has 0 aromatic heterocycles. The van der Waals surface area contributed by atoms with Crippen molar-refractivity contribution in [2.45, 2.75) is 13.8 Å². The van der Waals surface area contributed by atoms with Gasteiger partial charge in [-0.15, -0.1) is 0 Å². The van der Waals surface area contributed by atoms with Crippen molar-refractivity contribution < 1.29 is 0 Å². The first kappa shape index (κ1) is 14.3. The normalized spacial score (nSPS) is 9.38. The molecule has 0 unspecified atom stereocenters. The van der Waals surface area contributed by atoms with Crippen molar-refractivity contribution in [1.82, 2.24) is 10.6 Å². The summed E-state index contributed by atoms with van der Waals surface area (Å²) in [7, 11) is 3.48. The SMILES string of the molecule is CCNC(=S)S[Te]SC(=S)NCC. The van der Waals surface area contributed by atoms with Gasteiger partial charge < -0.3 is 0 Å². The number of rotatable bonds is 4. The number of thiocarbonyl (C=S) groups is 2. The van der Waals surface area contributed by atoms with Gasteiger partial charge in [-0.05, 0) is 0 Å². The summed E-state index contributed by atoms with van der Waals surface area (Å²) in [5.74, 6) is 0. The van der Waals surface area contributed by atoms with Crippen molar-refractivity contribution in [3.05, 3.63) is 0 Å². The minimum absolute atomic E-state index is 0.223. The summed E-state index contributed by atoms with van der Waals surface area (Å²) in [5.41, 5.74) is 0. The Balaban J connectivity index is 3.33. The minimum atomic E-state index is -0.223. The maximum absolute atomic E-state index is 5.08. The zero-order valence-corrected chi connectivity index (χ0v) is 13.1. The van der Waals surface area contributed by atoms with Crippen LogP contribution in [0.25, 0.3) is 0 Å². The van der Waals surface area contributed by atoms with Gasteiger partial charge in [0.05, 0.1) is 0 Å². The van der Waals surface area contributed by atoms with E-state index in [2.05, 4.69) is 10.6 Å². The van der Waals surface area contributed by atoms with Crippen LogP contribution in [0.15, 0.2) is 0 Å². The van der Waals surface area contributed by atoms with E-state index in [-0.39, 0.29) is 18.2 Å². The van der Waals surface area contributed by atoms with Gasteiger partial charge in [0.1, 0.15) is 0 Å². The van der Waals surface area contributed by atoms with Gasteiger partial charge in [0.25, 0.3) is 0 Å². The van der Waals surface area contributed by atoms with Gasteiger partial charge in [-0.3, -0.25) is 0 Å². The van der Waals surface area contributed by atoms with E-state index < -0.39 is 0 Å². The van der Waals surface area contributed by atoms with Gasteiger partial charge >= 0.3 is 107 Å². The molecule has 13 heavy (non-hydrogen) atoms. The average molecular weight is 368 g/mol. The molecule has 0 fully saturated rings. The Morgan fingerprint density at radius 2 is 1.46 bits per heavy atom. The molecule has 0 aliphatic rings. The maximum atomic E-state index is 5.08. The Morgan fingerprint density at radius 1 is 1.08 bits per heavy atom. The Labute approximate surface area is 106 Å². The molecule has 0 aromatic rings. The van der Waals surface area contributed by atoms with Crippen LogP contribution >= 0.6 is 42.4 Å². The van der Waals surface area contributed by atoms with Crippen LogP contribution in [-0.2, 0) is 0 Å². The topological polar surface area (TPSA) is 24.1 Å². The van der Waals surface area contributed by atoms with Gasteiger partial charge in [0.15, 0.2) is 0 Å². The summed E-state index contributed by atoms with van der Waals surface area (Å²) < 4.78 is 1.80. The Morgan fingerprint density at radius 3 is 1.77 bits per heavy atom. The molecule has 0 aliphatic carbocycles. The molecule has 76 valence electrons. The molecule has 0 heterocycles. The molecule has 0 aromatic carbocycles. The molecule has 0 saturated heterocycles. The van der Waals surface area contributed by atoms with Crippen molar-refractivity contribution in [1.29, 1.82) is 0 Å². The van der Waals surface area contributed by atoms with Crippen LogP contribution < -0.4 is 10.6 Å². The molecular weight excluding hydrogens is 356 g/mol. The fourth-order valence-electron chi connectivity index (χ4n) is 0.426. The van der Waals surface area contributed by atoms with Crippen molar-refractivity contribution in [3.63, 3.8) is 0 Å². The molecule has 0 rings (SSSR count). The van der Waals surface area contributed by atoms with E-state index in [4.69, 9.17) is 24.4 Å². The fraction of sp³-hybridized carbons (Fsp3) is 0.667. The summed E-state index contributed by atoms with van der Waals surface area (Å²) in [6.07, 6.45) is 0. The molecule has 0 saturated carbocycles.